The van der Waals surface area contributed by atoms with E-state index >= 15 is 0 Å². The van der Waals surface area contributed by atoms with Crippen LogP contribution in [0.5, 0.6) is 0 Å². The first-order valence-corrected chi connectivity index (χ1v) is 7.40. The molecule has 0 aliphatic heterocycles. The molecule has 1 aliphatic rings. The molecule has 1 aromatic heterocycles. The molecule has 22 heavy (non-hydrogen) atoms. The third kappa shape index (κ3) is 2.93. The van der Waals surface area contributed by atoms with Crippen LogP contribution in [-0.4, -0.2) is 15.7 Å². The molecular weight excluding hydrogens is 281 g/mol. The Morgan fingerprint density at radius 2 is 2.09 bits per heavy atom. The smallest absolute Gasteiger partial charge is 0.224 e. The summed E-state index contributed by atoms with van der Waals surface area (Å²) in [5.41, 5.74) is 1.25. The molecule has 0 saturated carbocycles. The fourth-order valence-corrected chi connectivity index (χ4v) is 2.58. The number of carbonyl (C=O) groups is 1. The Hall–Kier alpha value is -2.43. The van der Waals surface area contributed by atoms with Crippen LogP contribution in [-0.2, 0) is 4.79 Å². The van der Waals surface area contributed by atoms with Crippen molar-refractivity contribution < 1.29 is 9.18 Å². The molecule has 114 valence electrons. The molecule has 1 unspecified atom stereocenters. The molecule has 2 aromatic rings. The number of allylic oxidation sites excluding steroid dienone is 2. The number of benzene rings is 1. The van der Waals surface area contributed by atoms with Gasteiger partial charge in [-0.2, -0.15) is 5.10 Å². The van der Waals surface area contributed by atoms with Crippen LogP contribution < -0.4 is 5.32 Å². The number of halogens is 1. The Bertz CT molecular complexity index is 699. The summed E-state index contributed by atoms with van der Waals surface area (Å²) < 4.78 is 15.3. The van der Waals surface area contributed by atoms with Crippen molar-refractivity contribution in [3.05, 3.63) is 60.2 Å². The number of para-hydroxylation sites is 1. The molecule has 0 radical (unpaired) electrons. The van der Waals surface area contributed by atoms with E-state index in [2.05, 4.69) is 10.4 Å². The fraction of sp³-hybridized carbons (Fsp3) is 0.294. The van der Waals surface area contributed by atoms with E-state index in [-0.39, 0.29) is 23.7 Å². The quantitative estimate of drug-likeness (QED) is 0.882. The second-order valence-electron chi connectivity index (χ2n) is 5.54. The number of amides is 1. The summed E-state index contributed by atoms with van der Waals surface area (Å²) in [6.45, 7) is 1.91. The zero-order chi connectivity index (χ0) is 15.5. The Kier molecular flexibility index (Phi) is 4.04. The summed E-state index contributed by atoms with van der Waals surface area (Å²) in [6, 6.07) is 6.31. The first-order valence-electron chi connectivity index (χ1n) is 7.40. The summed E-state index contributed by atoms with van der Waals surface area (Å²) in [5, 5.41) is 7.18. The Balaban J connectivity index is 1.70. The van der Waals surface area contributed by atoms with Gasteiger partial charge in [0.25, 0.3) is 0 Å². The highest BCUT2D eigenvalue weighted by atomic mass is 19.1. The number of hydrogen-bond donors (Lipinski definition) is 1. The van der Waals surface area contributed by atoms with E-state index in [4.69, 9.17) is 0 Å². The van der Waals surface area contributed by atoms with Gasteiger partial charge in [0.05, 0.1) is 12.2 Å². The molecule has 0 bridgehead atoms. The van der Waals surface area contributed by atoms with Crippen molar-refractivity contribution in [2.24, 2.45) is 5.92 Å². The van der Waals surface area contributed by atoms with Crippen LogP contribution in [0.4, 0.5) is 4.39 Å². The predicted molar refractivity (Wildman–Crippen MR) is 81.9 cm³/mol. The van der Waals surface area contributed by atoms with Crippen LogP contribution in [0, 0.1) is 11.7 Å². The van der Waals surface area contributed by atoms with Gasteiger partial charge in [0, 0.05) is 17.7 Å². The van der Waals surface area contributed by atoms with E-state index in [1.165, 1.54) is 10.7 Å². The van der Waals surface area contributed by atoms with Crippen LogP contribution in [0.3, 0.4) is 0 Å². The Morgan fingerprint density at radius 1 is 1.36 bits per heavy atom. The minimum atomic E-state index is -0.328. The average molecular weight is 299 g/mol. The normalized spacial score (nSPS) is 15.9. The highest BCUT2D eigenvalue weighted by Gasteiger charge is 2.21. The van der Waals surface area contributed by atoms with Gasteiger partial charge in [-0.15, -0.1) is 0 Å². The van der Waals surface area contributed by atoms with Crippen molar-refractivity contribution >= 4 is 5.91 Å². The third-order valence-corrected chi connectivity index (χ3v) is 3.94. The standard InChI is InChI=1S/C17H18FN3O/c1-12(20-17(22)13-6-2-3-7-13)14-10-19-21(11-14)16-9-5-4-8-15(16)18/h2-5,8-13H,6-7H2,1H3,(H,20,22). The van der Waals surface area contributed by atoms with Gasteiger partial charge in [0.1, 0.15) is 11.5 Å². The lowest BCUT2D eigenvalue weighted by molar-refractivity contribution is -0.125. The van der Waals surface area contributed by atoms with Crippen LogP contribution in [0.1, 0.15) is 31.4 Å². The topological polar surface area (TPSA) is 46.9 Å². The zero-order valence-electron chi connectivity index (χ0n) is 12.4. The number of rotatable bonds is 4. The molecule has 1 atom stereocenters. The minimum absolute atomic E-state index is 0.0315. The molecule has 3 rings (SSSR count). The zero-order valence-corrected chi connectivity index (χ0v) is 12.4. The van der Waals surface area contributed by atoms with Crippen LogP contribution in [0.15, 0.2) is 48.8 Å². The van der Waals surface area contributed by atoms with E-state index in [1.54, 1.807) is 30.6 Å². The highest BCUT2D eigenvalue weighted by molar-refractivity contribution is 5.79. The SMILES string of the molecule is CC(NC(=O)C1CC=CC1)c1cnn(-c2ccccc2F)c1. The number of carbonyl (C=O) groups excluding carboxylic acids is 1. The largest absolute Gasteiger partial charge is 0.349 e. The molecule has 1 amide bonds. The lowest BCUT2D eigenvalue weighted by Gasteiger charge is -2.15. The molecule has 0 saturated heterocycles. The first-order chi connectivity index (χ1) is 10.6. The monoisotopic (exact) mass is 299 g/mol. The van der Waals surface area contributed by atoms with Gasteiger partial charge in [0.15, 0.2) is 0 Å². The molecule has 1 aliphatic carbocycles. The van der Waals surface area contributed by atoms with Crippen molar-refractivity contribution in [3.8, 4) is 5.69 Å². The summed E-state index contributed by atoms with van der Waals surface area (Å²) in [6.07, 6.45) is 9.07. The van der Waals surface area contributed by atoms with Crippen molar-refractivity contribution in [1.82, 2.24) is 15.1 Å². The number of hydrogen-bond acceptors (Lipinski definition) is 2. The maximum atomic E-state index is 13.8. The van der Waals surface area contributed by atoms with Crippen molar-refractivity contribution in [1.29, 1.82) is 0 Å². The molecule has 1 N–H and O–H groups in total. The van der Waals surface area contributed by atoms with E-state index in [0.717, 1.165) is 18.4 Å². The van der Waals surface area contributed by atoms with Crippen LogP contribution in [0.2, 0.25) is 0 Å². The number of nitrogens with zero attached hydrogens (tertiary/aromatic N) is 2. The maximum Gasteiger partial charge on any atom is 0.224 e. The minimum Gasteiger partial charge on any atom is -0.349 e. The van der Waals surface area contributed by atoms with Gasteiger partial charge >= 0.3 is 0 Å². The van der Waals surface area contributed by atoms with Crippen LogP contribution in [0.25, 0.3) is 5.69 Å². The average Bonchev–Trinajstić information content (AvgIpc) is 3.19. The summed E-state index contributed by atoms with van der Waals surface area (Å²) in [5.74, 6) is -0.244. The molecule has 4 nitrogen and oxygen atoms in total. The lowest BCUT2D eigenvalue weighted by atomic mass is 10.1. The molecule has 1 heterocycles. The van der Waals surface area contributed by atoms with Crippen molar-refractivity contribution in [3.63, 3.8) is 0 Å². The van der Waals surface area contributed by atoms with Crippen molar-refractivity contribution in [2.45, 2.75) is 25.8 Å². The molecule has 0 fully saturated rings. The van der Waals surface area contributed by atoms with Gasteiger partial charge in [-0.1, -0.05) is 24.3 Å². The van der Waals surface area contributed by atoms with E-state index in [9.17, 15) is 9.18 Å². The second-order valence-corrected chi connectivity index (χ2v) is 5.54. The van der Waals surface area contributed by atoms with Gasteiger partial charge in [-0.25, -0.2) is 9.07 Å². The van der Waals surface area contributed by atoms with Gasteiger partial charge < -0.3 is 5.32 Å². The van der Waals surface area contributed by atoms with Crippen LogP contribution >= 0.6 is 0 Å². The number of aromatic nitrogens is 2. The maximum absolute atomic E-state index is 13.8. The molecule has 0 spiro atoms. The van der Waals surface area contributed by atoms with Crippen molar-refractivity contribution in [2.75, 3.05) is 0 Å². The molecule has 1 aromatic carbocycles. The molecular formula is C17H18FN3O. The summed E-state index contributed by atoms with van der Waals surface area (Å²) in [7, 11) is 0. The molecule has 5 heteroatoms. The van der Waals surface area contributed by atoms with E-state index in [1.807, 2.05) is 19.1 Å². The summed E-state index contributed by atoms with van der Waals surface area (Å²) >= 11 is 0. The van der Waals surface area contributed by atoms with Gasteiger partial charge in [-0.05, 0) is 31.9 Å². The Morgan fingerprint density at radius 3 is 2.82 bits per heavy atom. The van der Waals surface area contributed by atoms with E-state index in [0.29, 0.717) is 5.69 Å². The van der Waals surface area contributed by atoms with E-state index < -0.39 is 0 Å². The second kappa shape index (κ2) is 6.13. The van der Waals surface area contributed by atoms with Gasteiger partial charge in [-0.3, -0.25) is 4.79 Å². The number of nitrogens with one attached hydrogen (secondary N) is 1. The highest BCUT2D eigenvalue weighted by Crippen LogP contribution is 2.21. The van der Waals surface area contributed by atoms with Gasteiger partial charge in [0.2, 0.25) is 5.91 Å². The summed E-state index contributed by atoms with van der Waals surface area (Å²) in [4.78, 5) is 12.1. The predicted octanol–water partition coefficient (Wildman–Crippen LogP) is 3.15. The first kappa shape index (κ1) is 14.5. The fourth-order valence-electron chi connectivity index (χ4n) is 2.58. The Labute approximate surface area is 128 Å². The third-order valence-electron chi connectivity index (χ3n) is 3.94. The lowest BCUT2D eigenvalue weighted by Crippen LogP contribution is -2.31.